The average Bonchev–Trinajstić information content (AvgIpc) is 3.00. The third-order valence-corrected chi connectivity index (χ3v) is 4.40. The quantitative estimate of drug-likeness (QED) is 0.809. The molecule has 0 bridgehead atoms. The molecule has 0 aliphatic carbocycles. The zero-order chi connectivity index (χ0) is 16.4. The molecule has 1 saturated heterocycles. The summed E-state index contributed by atoms with van der Waals surface area (Å²) in [6.07, 6.45) is 1.91. The van der Waals surface area contributed by atoms with E-state index in [-0.39, 0.29) is 17.1 Å². The monoisotopic (exact) mass is 332 g/mol. The van der Waals surface area contributed by atoms with Gasteiger partial charge in [-0.05, 0) is 43.5 Å². The molecule has 0 spiro atoms. The summed E-state index contributed by atoms with van der Waals surface area (Å²) < 4.78 is 13.2. The number of benzene rings is 2. The molecule has 5 heteroatoms. The number of hydrogen-bond acceptors (Lipinski definition) is 1. The van der Waals surface area contributed by atoms with E-state index in [0.717, 1.165) is 18.4 Å². The van der Waals surface area contributed by atoms with Crippen molar-refractivity contribution < 1.29 is 9.18 Å². The summed E-state index contributed by atoms with van der Waals surface area (Å²) in [6, 6.07) is 12.3. The van der Waals surface area contributed by atoms with Crippen LogP contribution >= 0.6 is 11.6 Å². The van der Waals surface area contributed by atoms with Crippen molar-refractivity contribution in [3.63, 3.8) is 0 Å². The highest BCUT2D eigenvalue weighted by Gasteiger charge is 2.30. The van der Waals surface area contributed by atoms with E-state index < -0.39 is 5.82 Å². The first-order chi connectivity index (χ1) is 11.0. The highest BCUT2D eigenvalue weighted by atomic mass is 35.5. The zero-order valence-electron chi connectivity index (χ0n) is 12.9. The van der Waals surface area contributed by atoms with Crippen LogP contribution in [0.5, 0.6) is 0 Å². The molecule has 1 aliphatic heterocycles. The number of carbonyl (C=O) groups excluding carboxylic acids is 1. The molecule has 1 N–H and O–H groups in total. The lowest BCUT2D eigenvalue weighted by Crippen LogP contribution is -2.34. The first-order valence-corrected chi connectivity index (χ1v) is 8.01. The van der Waals surface area contributed by atoms with Crippen molar-refractivity contribution in [2.24, 2.45) is 0 Å². The number of aryl methyl sites for hydroxylation is 1. The highest BCUT2D eigenvalue weighted by Crippen LogP contribution is 2.33. The molecule has 0 aromatic heterocycles. The number of hydrogen-bond donors (Lipinski definition) is 1. The van der Waals surface area contributed by atoms with Crippen LogP contribution in [-0.2, 0) is 0 Å². The van der Waals surface area contributed by atoms with Crippen LogP contribution in [0, 0.1) is 12.7 Å². The molecule has 1 atom stereocenters. The van der Waals surface area contributed by atoms with Crippen molar-refractivity contribution in [1.82, 2.24) is 4.90 Å². The summed E-state index contributed by atoms with van der Waals surface area (Å²) in [6.45, 7) is 2.75. The van der Waals surface area contributed by atoms with Crippen molar-refractivity contribution in [1.29, 1.82) is 0 Å². The van der Waals surface area contributed by atoms with Gasteiger partial charge in [0.1, 0.15) is 5.82 Å². The summed E-state index contributed by atoms with van der Waals surface area (Å²) in [7, 11) is 0. The minimum absolute atomic E-state index is 0.000504. The molecule has 2 aromatic carbocycles. The molecular formula is C18H18ClFN2O. The fourth-order valence-corrected chi connectivity index (χ4v) is 3.18. The molecule has 3 rings (SSSR count). The Balaban J connectivity index is 1.76. The van der Waals surface area contributed by atoms with E-state index in [2.05, 4.69) is 17.4 Å². The summed E-state index contributed by atoms with van der Waals surface area (Å²) in [5.74, 6) is -0.497. The van der Waals surface area contributed by atoms with Gasteiger partial charge in [-0.25, -0.2) is 9.18 Å². The third kappa shape index (κ3) is 3.48. The van der Waals surface area contributed by atoms with Crippen molar-refractivity contribution in [2.75, 3.05) is 11.9 Å². The minimum Gasteiger partial charge on any atom is -0.317 e. The second kappa shape index (κ2) is 6.59. The maximum absolute atomic E-state index is 13.2. The van der Waals surface area contributed by atoms with Crippen molar-refractivity contribution in [2.45, 2.75) is 25.8 Å². The van der Waals surface area contributed by atoms with Gasteiger partial charge in [0.15, 0.2) is 0 Å². The Morgan fingerprint density at radius 1 is 1.30 bits per heavy atom. The first kappa shape index (κ1) is 15.8. The normalized spacial score (nSPS) is 17.3. The Labute approximate surface area is 140 Å². The topological polar surface area (TPSA) is 32.3 Å². The number of nitrogens with zero attached hydrogens (tertiary/aromatic N) is 1. The molecule has 1 heterocycles. The molecule has 1 fully saturated rings. The Bertz CT molecular complexity index is 735. The lowest BCUT2D eigenvalue weighted by Gasteiger charge is -2.25. The largest absolute Gasteiger partial charge is 0.322 e. The van der Waals surface area contributed by atoms with E-state index in [9.17, 15) is 9.18 Å². The van der Waals surface area contributed by atoms with Crippen LogP contribution in [-0.4, -0.2) is 17.5 Å². The predicted molar refractivity (Wildman–Crippen MR) is 90.3 cm³/mol. The summed E-state index contributed by atoms with van der Waals surface area (Å²) >= 11 is 5.76. The second-order valence-electron chi connectivity index (χ2n) is 5.82. The van der Waals surface area contributed by atoms with E-state index in [1.54, 1.807) is 0 Å². The fourth-order valence-electron chi connectivity index (χ4n) is 3.00. The first-order valence-electron chi connectivity index (χ1n) is 7.64. The Morgan fingerprint density at radius 3 is 2.87 bits per heavy atom. The van der Waals surface area contributed by atoms with E-state index in [0.29, 0.717) is 12.2 Å². The maximum Gasteiger partial charge on any atom is 0.322 e. The summed E-state index contributed by atoms with van der Waals surface area (Å²) in [5, 5.41) is 2.80. The highest BCUT2D eigenvalue weighted by molar-refractivity contribution is 6.31. The van der Waals surface area contributed by atoms with Crippen molar-refractivity contribution >= 4 is 23.3 Å². The number of halogens is 2. The molecule has 0 radical (unpaired) electrons. The standard InChI is InChI=1S/C18H18ClFN2O/c1-12-4-2-5-13(10-12)17-6-3-9-22(17)18(23)21-14-7-8-16(20)15(19)11-14/h2,4-5,7-8,10-11,17H,3,6,9H2,1H3,(H,21,23)/t17-/m1/s1. The van der Waals surface area contributed by atoms with Gasteiger partial charge < -0.3 is 10.2 Å². The zero-order valence-corrected chi connectivity index (χ0v) is 13.6. The van der Waals surface area contributed by atoms with E-state index in [4.69, 9.17) is 11.6 Å². The van der Waals surface area contributed by atoms with Crippen LogP contribution in [0.1, 0.15) is 30.0 Å². The Kier molecular flexibility index (Phi) is 4.53. The van der Waals surface area contributed by atoms with Crippen LogP contribution < -0.4 is 5.32 Å². The molecule has 0 saturated carbocycles. The van der Waals surface area contributed by atoms with Gasteiger partial charge in [-0.1, -0.05) is 41.4 Å². The molecule has 2 aromatic rings. The van der Waals surface area contributed by atoms with E-state index in [1.165, 1.54) is 23.8 Å². The van der Waals surface area contributed by atoms with E-state index >= 15 is 0 Å². The SMILES string of the molecule is Cc1cccc([C@H]2CCCN2C(=O)Nc2ccc(F)c(Cl)c2)c1. The van der Waals surface area contributed by atoms with Gasteiger partial charge in [0.25, 0.3) is 0 Å². The van der Waals surface area contributed by atoms with Gasteiger partial charge in [0, 0.05) is 12.2 Å². The van der Waals surface area contributed by atoms with Crippen LogP contribution in [0.25, 0.3) is 0 Å². The minimum atomic E-state index is -0.497. The number of likely N-dealkylation sites (tertiary alicyclic amines) is 1. The average molecular weight is 333 g/mol. The van der Waals surface area contributed by atoms with Crippen LogP contribution in [0.4, 0.5) is 14.9 Å². The smallest absolute Gasteiger partial charge is 0.317 e. The molecule has 120 valence electrons. The Hall–Kier alpha value is -2.07. The summed E-state index contributed by atoms with van der Waals surface area (Å²) in [4.78, 5) is 14.4. The molecular weight excluding hydrogens is 315 g/mol. The van der Waals surface area contributed by atoms with Gasteiger partial charge in [-0.3, -0.25) is 0 Å². The van der Waals surface area contributed by atoms with E-state index in [1.807, 2.05) is 24.0 Å². The number of nitrogens with one attached hydrogen (secondary N) is 1. The lowest BCUT2D eigenvalue weighted by atomic mass is 10.0. The van der Waals surface area contributed by atoms with Gasteiger partial charge in [0.05, 0.1) is 11.1 Å². The van der Waals surface area contributed by atoms with Crippen molar-refractivity contribution in [3.8, 4) is 0 Å². The van der Waals surface area contributed by atoms with Gasteiger partial charge in [0.2, 0.25) is 0 Å². The summed E-state index contributed by atoms with van der Waals surface area (Å²) in [5.41, 5.74) is 2.83. The van der Waals surface area contributed by atoms with Crippen molar-refractivity contribution in [3.05, 3.63) is 64.4 Å². The van der Waals surface area contributed by atoms with Crippen LogP contribution in [0.2, 0.25) is 5.02 Å². The van der Waals surface area contributed by atoms with Gasteiger partial charge >= 0.3 is 6.03 Å². The third-order valence-electron chi connectivity index (χ3n) is 4.11. The van der Waals surface area contributed by atoms with Gasteiger partial charge in [-0.15, -0.1) is 0 Å². The Morgan fingerprint density at radius 2 is 2.13 bits per heavy atom. The number of anilines is 1. The molecule has 3 nitrogen and oxygen atoms in total. The molecule has 0 unspecified atom stereocenters. The number of carbonyl (C=O) groups is 1. The predicted octanol–water partition coefficient (Wildman–Crippen LogP) is 5.16. The molecule has 2 amide bonds. The second-order valence-corrected chi connectivity index (χ2v) is 6.23. The number of urea groups is 1. The molecule has 1 aliphatic rings. The van der Waals surface area contributed by atoms with Crippen LogP contribution in [0.3, 0.4) is 0 Å². The number of amides is 2. The molecule has 23 heavy (non-hydrogen) atoms. The fraction of sp³-hybridized carbons (Fsp3) is 0.278. The number of rotatable bonds is 2. The van der Waals surface area contributed by atoms with Crippen LogP contribution in [0.15, 0.2) is 42.5 Å². The lowest BCUT2D eigenvalue weighted by molar-refractivity contribution is 0.207. The maximum atomic E-state index is 13.2. The van der Waals surface area contributed by atoms with Gasteiger partial charge in [-0.2, -0.15) is 0 Å².